The van der Waals surface area contributed by atoms with Crippen molar-refractivity contribution < 1.29 is 9.47 Å². The highest BCUT2D eigenvalue weighted by Gasteiger charge is 2.17. The molecule has 0 N–H and O–H groups in total. The molecule has 3 aromatic rings. The molecule has 3 heterocycles. The maximum atomic E-state index is 6.20. The highest BCUT2D eigenvalue weighted by atomic mass is 35.5. The minimum atomic E-state index is 0.290. The van der Waals surface area contributed by atoms with E-state index < -0.39 is 0 Å². The van der Waals surface area contributed by atoms with Crippen LogP contribution in [0.2, 0.25) is 5.02 Å². The van der Waals surface area contributed by atoms with Gasteiger partial charge in [0, 0.05) is 28.1 Å². The van der Waals surface area contributed by atoms with Gasteiger partial charge in [0.25, 0.3) is 0 Å². The molecule has 2 aromatic heterocycles. The van der Waals surface area contributed by atoms with Crippen molar-refractivity contribution in [2.75, 3.05) is 6.79 Å². The Balaban J connectivity index is 1.63. The minimum Gasteiger partial charge on any atom is -0.467 e. The zero-order valence-electron chi connectivity index (χ0n) is 11.7. The number of benzene rings is 1. The molecule has 0 saturated heterocycles. The molecule has 0 saturated carbocycles. The Morgan fingerprint density at radius 2 is 2.27 bits per heavy atom. The summed E-state index contributed by atoms with van der Waals surface area (Å²) in [5.41, 5.74) is 3.16. The molecule has 1 aliphatic heterocycles. The van der Waals surface area contributed by atoms with Crippen LogP contribution in [0.25, 0.3) is 5.52 Å². The summed E-state index contributed by atoms with van der Waals surface area (Å²) in [7, 11) is 0. The Bertz CT molecular complexity index is 834. The molecule has 0 amide bonds. The van der Waals surface area contributed by atoms with Gasteiger partial charge in [-0.1, -0.05) is 29.4 Å². The lowest BCUT2D eigenvalue weighted by Gasteiger charge is -2.20. The lowest BCUT2D eigenvalue weighted by atomic mass is 10.1. The molecule has 1 aliphatic rings. The van der Waals surface area contributed by atoms with Crippen molar-refractivity contribution in [3.63, 3.8) is 0 Å². The number of fused-ring (bicyclic) bond motifs is 2. The first-order valence-electron chi connectivity index (χ1n) is 6.88. The Morgan fingerprint density at radius 3 is 3.23 bits per heavy atom. The molecule has 0 radical (unpaired) electrons. The number of hydrogen-bond acceptors (Lipinski definition) is 4. The third-order valence-corrected chi connectivity index (χ3v) is 4.75. The normalized spacial score (nSPS) is 13.9. The minimum absolute atomic E-state index is 0.290. The smallest absolute Gasteiger partial charge is 0.189 e. The predicted molar refractivity (Wildman–Crippen MR) is 86.5 cm³/mol. The van der Waals surface area contributed by atoms with Crippen molar-refractivity contribution in [1.29, 1.82) is 0 Å². The molecule has 1 aromatic carbocycles. The fourth-order valence-corrected chi connectivity index (χ4v) is 3.73. The van der Waals surface area contributed by atoms with Crippen LogP contribution >= 0.6 is 23.4 Å². The molecular formula is C16H13ClN2O2S. The van der Waals surface area contributed by atoms with Gasteiger partial charge in [-0.2, -0.15) is 0 Å². The van der Waals surface area contributed by atoms with Crippen molar-refractivity contribution in [2.24, 2.45) is 0 Å². The fourth-order valence-electron chi connectivity index (χ4n) is 2.53. The summed E-state index contributed by atoms with van der Waals surface area (Å²) < 4.78 is 13.0. The summed E-state index contributed by atoms with van der Waals surface area (Å²) in [6.45, 7) is 0.832. The SMILES string of the molecule is Clc1cc2c(c(CSc3ncc4ccccn34)c1)OCOC2. The molecule has 0 unspecified atom stereocenters. The van der Waals surface area contributed by atoms with Crippen LogP contribution in [-0.2, 0) is 17.1 Å². The molecule has 0 fully saturated rings. The van der Waals surface area contributed by atoms with Gasteiger partial charge in [0.2, 0.25) is 0 Å². The topological polar surface area (TPSA) is 35.8 Å². The van der Waals surface area contributed by atoms with E-state index in [1.165, 1.54) is 0 Å². The molecule has 6 heteroatoms. The third kappa shape index (κ3) is 2.56. The molecule has 112 valence electrons. The van der Waals surface area contributed by atoms with Crippen molar-refractivity contribution >= 4 is 28.9 Å². The second-order valence-corrected chi connectivity index (χ2v) is 6.37. The molecule has 0 aliphatic carbocycles. The van der Waals surface area contributed by atoms with Crippen LogP contribution in [0.1, 0.15) is 11.1 Å². The summed E-state index contributed by atoms with van der Waals surface area (Å²) in [6.07, 6.45) is 3.89. The van der Waals surface area contributed by atoms with E-state index in [4.69, 9.17) is 21.1 Å². The first-order valence-corrected chi connectivity index (χ1v) is 8.24. The van der Waals surface area contributed by atoms with Crippen molar-refractivity contribution in [1.82, 2.24) is 9.38 Å². The maximum absolute atomic E-state index is 6.20. The second kappa shape index (κ2) is 5.83. The molecule has 22 heavy (non-hydrogen) atoms. The Labute approximate surface area is 137 Å². The van der Waals surface area contributed by atoms with Gasteiger partial charge in [0.1, 0.15) is 5.75 Å². The number of rotatable bonds is 3. The number of imidazole rings is 1. The Hall–Kier alpha value is -1.69. The van der Waals surface area contributed by atoms with Crippen LogP contribution in [0.15, 0.2) is 47.9 Å². The Morgan fingerprint density at radius 1 is 1.32 bits per heavy atom. The number of ether oxygens (including phenoxy) is 2. The zero-order valence-corrected chi connectivity index (χ0v) is 13.2. The van der Waals surface area contributed by atoms with E-state index >= 15 is 0 Å². The average molecular weight is 333 g/mol. The second-order valence-electron chi connectivity index (χ2n) is 4.99. The van der Waals surface area contributed by atoms with E-state index in [9.17, 15) is 0 Å². The highest BCUT2D eigenvalue weighted by molar-refractivity contribution is 7.98. The van der Waals surface area contributed by atoms with Crippen LogP contribution in [0.4, 0.5) is 0 Å². The van der Waals surface area contributed by atoms with Crippen molar-refractivity contribution in [2.45, 2.75) is 17.5 Å². The predicted octanol–water partition coefficient (Wildman–Crippen LogP) is 4.15. The Kier molecular flexibility index (Phi) is 3.70. The van der Waals surface area contributed by atoms with Crippen LogP contribution in [-0.4, -0.2) is 16.2 Å². The van der Waals surface area contributed by atoms with Gasteiger partial charge in [0.05, 0.1) is 18.3 Å². The lowest BCUT2D eigenvalue weighted by molar-refractivity contribution is -0.0168. The highest BCUT2D eigenvalue weighted by Crippen LogP contribution is 2.35. The maximum Gasteiger partial charge on any atom is 0.189 e. The third-order valence-electron chi connectivity index (χ3n) is 3.51. The molecule has 0 atom stereocenters. The summed E-state index contributed by atoms with van der Waals surface area (Å²) >= 11 is 7.86. The van der Waals surface area contributed by atoms with E-state index in [-0.39, 0.29) is 0 Å². The van der Waals surface area contributed by atoms with Gasteiger partial charge in [-0.15, -0.1) is 0 Å². The molecule has 0 bridgehead atoms. The summed E-state index contributed by atoms with van der Waals surface area (Å²) in [5.74, 6) is 1.64. The van der Waals surface area contributed by atoms with Crippen molar-refractivity contribution in [3.8, 4) is 5.75 Å². The van der Waals surface area contributed by atoms with Gasteiger partial charge < -0.3 is 9.47 Å². The van der Waals surface area contributed by atoms with Crippen LogP contribution in [0, 0.1) is 0 Å². The first-order chi connectivity index (χ1) is 10.8. The van der Waals surface area contributed by atoms with Gasteiger partial charge in [-0.25, -0.2) is 4.98 Å². The monoisotopic (exact) mass is 332 g/mol. The summed E-state index contributed by atoms with van der Waals surface area (Å²) in [6, 6.07) is 9.90. The van der Waals surface area contributed by atoms with Gasteiger partial charge >= 0.3 is 0 Å². The largest absolute Gasteiger partial charge is 0.467 e. The van der Waals surface area contributed by atoms with Crippen LogP contribution in [0.5, 0.6) is 5.75 Å². The lowest BCUT2D eigenvalue weighted by Crippen LogP contribution is -2.13. The number of nitrogens with zero attached hydrogens (tertiary/aromatic N) is 2. The fraction of sp³-hybridized carbons (Fsp3) is 0.188. The van der Waals surface area contributed by atoms with E-state index in [1.54, 1.807) is 11.8 Å². The number of aromatic nitrogens is 2. The van der Waals surface area contributed by atoms with Gasteiger partial charge in [-0.05, 0) is 24.3 Å². The van der Waals surface area contributed by atoms with E-state index in [2.05, 4.69) is 9.38 Å². The average Bonchev–Trinajstić information content (AvgIpc) is 2.96. The van der Waals surface area contributed by atoms with Gasteiger partial charge in [0.15, 0.2) is 11.9 Å². The van der Waals surface area contributed by atoms with E-state index in [0.29, 0.717) is 18.4 Å². The quantitative estimate of drug-likeness (QED) is 0.675. The van der Waals surface area contributed by atoms with E-state index in [1.807, 2.05) is 42.7 Å². The standard InChI is InChI=1S/C16H13ClN2O2S/c17-13-5-11-8-20-10-21-15(11)12(6-13)9-22-16-18-7-14-3-1-2-4-19(14)16/h1-7H,8-10H2. The van der Waals surface area contributed by atoms with E-state index in [0.717, 1.165) is 33.3 Å². The summed E-state index contributed by atoms with van der Waals surface area (Å²) in [4.78, 5) is 4.47. The van der Waals surface area contributed by atoms with Gasteiger partial charge in [-0.3, -0.25) is 4.40 Å². The number of halogens is 1. The van der Waals surface area contributed by atoms with Crippen molar-refractivity contribution in [3.05, 3.63) is 58.9 Å². The number of thioether (sulfide) groups is 1. The molecule has 4 nitrogen and oxygen atoms in total. The number of pyridine rings is 1. The zero-order chi connectivity index (χ0) is 14.9. The molecular weight excluding hydrogens is 320 g/mol. The van der Waals surface area contributed by atoms with Crippen LogP contribution in [0.3, 0.4) is 0 Å². The molecule has 4 rings (SSSR count). The number of hydrogen-bond donors (Lipinski definition) is 0. The summed E-state index contributed by atoms with van der Waals surface area (Å²) in [5, 5.41) is 1.66. The first kappa shape index (κ1) is 13.9. The van der Waals surface area contributed by atoms with Crippen LogP contribution < -0.4 is 4.74 Å². The molecule has 0 spiro atoms.